The molecule has 3 heteroatoms. The van der Waals surface area contributed by atoms with E-state index in [1.807, 2.05) is 0 Å². The van der Waals surface area contributed by atoms with Crippen LogP contribution in [0.25, 0.3) is 0 Å². The SMILES string of the molecule is CCC1(CNCCCCC(=O)O)CCC1. The molecule has 0 spiro atoms. The first kappa shape index (κ1) is 12.5. The molecule has 3 nitrogen and oxygen atoms in total. The summed E-state index contributed by atoms with van der Waals surface area (Å²) in [6, 6.07) is 0. The fraction of sp³-hybridized carbons (Fsp3) is 0.917. The molecule has 0 aromatic heterocycles. The van der Waals surface area contributed by atoms with E-state index in [0.717, 1.165) is 25.9 Å². The van der Waals surface area contributed by atoms with Crippen LogP contribution >= 0.6 is 0 Å². The summed E-state index contributed by atoms with van der Waals surface area (Å²) >= 11 is 0. The summed E-state index contributed by atoms with van der Waals surface area (Å²) < 4.78 is 0. The van der Waals surface area contributed by atoms with Crippen molar-refractivity contribution in [3.05, 3.63) is 0 Å². The molecule has 0 bridgehead atoms. The number of unbranched alkanes of at least 4 members (excludes halogenated alkanes) is 1. The predicted octanol–water partition coefficient (Wildman–Crippen LogP) is 2.41. The van der Waals surface area contributed by atoms with E-state index in [9.17, 15) is 4.79 Å². The van der Waals surface area contributed by atoms with Gasteiger partial charge in [0.2, 0.25) is 0 Å². The first-order chi connectivity index (χ1) is 7.18. The van der Waals surface area contributed by atoms with Crippen LogP contribution in [-0.4, -0.2) is 24.2 Å². The molecule has 1 aliphatic rings. The van der Waals surface area contributed by atoms with Crippen LogP contribution in [0.5, 0.6) is 0 Å². The van der Waals surface area contributed by atoms with Crippen LogP contribution in [0.2, 0.25) is 0 Å². The first-order valence-corrected chi connectivity index (χ1v) is 6.11. The second-order valence-corrected chi connectivity index (χ2v) is 4.73. The van der Waals surface area contributed by atoms with Gasteiger partial charge in [0.05, 0.1) is 0 Å². The van der Waals surface area contributed by atoms with Gasteiger partial charge in [-0.15, -0.1) is 0 Å². The van der Waals surface area contributed by atoms with E-state index in [1.54, 1.807) is 0 Å². The highest BCUT2D eigenvalue weighted by Crippen LogP contribution is 2.42. The Hall–Kier alpha value is -0.570. The molecule has 1 fully saturated rings. The number of rotatable bonds is 8. The normalized spacial score (nSPS) is 18.5. The summed E-state index contributed by atoms with van der Waals surface area (Å²) in [7, 11) is 0. The molecule has 0 aliphatic heterocycles. The number of hydrogen-bond donors (Lipinski definition) is 2. The van der Waals surface area contributed by atoms with Gasteiger partial charge in [-0.2, -0.15) is 0 Å². The van der Waals surface area contributed by atoms with Gasteiger partial charge in [0.15, 0.2) is 0 Å². The lowest BCUT2D eigenvalue weighted by Crippen LogP contribution is -2.39. The topological polar surface area (TPSA) is 49.3 Å². The van der Waals surface area contributed by atoms with E-state index in [1.165, 1.54) is 25.7 Å². The Morgan fingerprint density at radius 3 is 2.60 bits per heavy atom. The van der Waals surface area contributed by atoms with Crippen molar-refractivity contribution < 1.29 is 9.90 Å². The van der Waals surface area contributed by atoms with Gasteiger partial charge in [0, 0.05) is 13.0 Å². The largest absolute Gasteiger partial charge is 0.481 e. The minimum atomic E-state index is -0.681. The zero-order chi connectivity index (χ0) is 11.1. The summed E-state index contributed by atoms with van der Waals surface area (Å²) in [6.07, 6.45) is 7.47. The number of carboxylic acid groups (broad SMARTS) is 1. The summed E-state index contributed by atoms with van der Waals surface area (Å²) in [5.74, 6) is -0.681. The van der Waals surface area contributed by atoms with Crippen LogP contribution < -0.4 is 5.32 Å². The number of nitrogens with one attached hydrogen (secondary N) is 1. The third kappa shape index (κ3) is 4.20. The van der Waals surface area contributed by atoms with E-state index in [2.05, 4.69) is 12.2 Å². The van der Waals surface area contributed by atoms with Gasteiger partial charge >= 0.3 is 5.97 Å². The van der Waals surface area contributed by atoms with Crippen LogP contribution in [-0.2, 0) is 4.79 Å². The summed E-state index contributed by atoms with van der Waals surface area (Å²) in [5, 5.41) is 11.9. The molecule has 88 valence electrons. The van der Waals surface area contributed by atoms with Gasteiger partial charge in [-0.3, -0.25) is 4.79 Å². The molecule has 0 atom stereocenters. The maximum Gasteiger partial charge on any atom is 0.303 e. The molecule has 0 heterocycles. The van der Waals surface area contributed by atoms with Gasteiger partial charge in [-0.25, -0.2) is 0 Å². The van der Waals surface area contributed by atoms with Crippen LogP contribution in [0.4, 0.5) is 0 Å². The standard InChI is InChI=1S/C12H23NO2/c1-2-12(7-5-8-12)10-13-9-4-3-6-11(14)15/h13H,2-10H2,1H3,(H,14,15). The third-order valence-corrected chi connectivity index (χ3v) is 3.66. The monoisotopic (exact) mass is 213 g/mol. The Kier molecular flexibility index (Phi) is 5.09. The Labute approximate surface area is 92.3 Å². The highest BCUT2D eigenvalue weighted by molar-refractivity contribution is 5.66. The van der Waals surface area contributed by atoms with Gasteiger partial charge in [-0.1, -0.05) is 13.3 Å². The van der Waals surface area contributed by atoms with Crippen molar-refractivity contribution in [1.82, 2.24) is 5.32 Å². The predicted molar refractivity (Wildman–Crippen MR) is 60.9 cm³/mol. The van der Waals surface area contributed by atoms with Gasteiger partial charge in [0.1, 0.15) is 0 Å². The average molecular weight is 213 g/mol. The smallest absolute Gasteiger partial charge is 0.303 e. The maximum atomic E-state index is 10.3. The Bertz CT molecular complexity index is 194. The fourth-order valence-electron chi connectivity index (χ4n) is 2.21. The Morgan fingerprint density at radius 1 is 1.40 bits per heavy atom. The number of carbonyl (C=O) groups is 1. The Morgan fingerprint density at radius 2 is 2.13 bits per heavy atom. The van der Waals surface area contributed by atoms with E-state index < -0.39 is 5.97 Å². The van der Waals surface area contributed by atoms with Crippen molar-refractivity contribution in [1.29, 1.82) is 0 Å². The third-order valence-electron chi connectivity index (χ3n) is 3.66. The minimum absolute atomic E-state index is 0.306. The summed E-state index contributed by atoms with van der Waals surface area (Å²) in [6.45, 7) is 4.36. The fourth-order valence-corrected chi connectivity index (χ4v) is 2.21. The molecule has 0 amide bonds. The van der Waals surface area contributed by atoms with Gasteiger partial charge in [0.25, 0.3) is 0 Å². The van der Waals surface area contributed by atoms with Gasteiger partial charge in [-0.05, 0) is 44.1 Å². The lowest BCUT2D eigenvalue weighted by Gasteiger charge is -2.41. The summed E-state index contributed by atoms with van der Waals surface area (Å²) in [4.78, 5) is 10.3. The molecule has 0 unspecified atom stereocenters. The highest BCUT2D eigenvalue weighted by atomic mass is 16.4. The Balaban J connectivity index is 1.94. The molecule has 15 heavy (non-hydrogen) atoms. The second-order valence-electron chi connectivity index (χ2n) is 4.73. The molecule has 2 N–H and O–H groups in total. The van der Waals surface area contributed by atoms with Crippen molar-refractivity contribution in [2.45, 2.75) is 51.9 Å². The lowest BCUT2D eigenvalue weighted by molar-refractivity contribution is -0.137. The number of aliphatic carboxylic acids is 1. The quantitative estimate of drug-likeness (QED) is 0.609. The number of hydrogen-bond acceptors (Lipinski definition) is 2. The number of carboxylic acids is 1. The summed E-state index contributed by atoms with van der Waals surface area (Å²) in [5.41, 5.74) is 0.576. The molecule has 0 aromatic rings. The maximum absolute atomic E-state index is 10.3. The second kappa shape index (κ2) is 6.11. The molecular weight excluding hydrogens is 190 g/mol. The average Bonchev–Trinajstić information content (AvgIpc) is 2.14. The van der Waals surface area contributed by atoms with Gasteiger partial charge < -0.3 is 10.4 Å². The zero-order valence-electron chi connectivity index (χ0n) is 9.72. The molecule has 1 rings (SSSR count). The van der Waals surface area contributed by atoms with E-state index >= 15 is 0 Å². The zero-order valence-corrected chi connectivity index (χ0v) is 9.72. The van der Waals surface area contributed by atoms with Crippen LogP contribution in [0.1, 0.15) is 51.9 Å². The van der Waals surface area contributed by atoms with E-state index in [0.29, 0.717) is 11.8 Å². The van der Waals surface area contributed by atoms with E-state index in [4.69, 9.17) is 5.11 Å². The van der Waals surface area contributed by atoms with Crippen molar-refractivity contribution in [3.8, 4) is 0 Å². The van der Waals surface area contributed by atoms with Crippen LogP contribution in [0.3, 0.4) is 0 Å². The van der Waals surface area contributed by atoms with Crippen molar-refractivity contribution in [2.24, 2.45) is 5.41 Å². The van der Waals surface area contributed by atoms with Crippen molar-refractivity contribution >= 4 is 5.97 Å². The van der Waals surface area contributed by atoms with Crippen LogP contribution in [0, 0.1) is 5.41 Å². The minimum Gasteiger partial charge on any atom is -0.481 e. The van der Waals surface area contributed by atoms with Crippen molar-refractivity contribution in [3.63, 3.8) is 0 Å². The molecule has 0 radical (unpaired) electrons. The molecular formula is C12H23NO2. The molecule has 0 saturated heterocycles. The van der Waals surface area contributed by atoms with E-state index in [-0.39, 0.29) is 0 Å². The van der Waals surface area contributed by atoms with Crippen molar-refractivity contribution in [2.75, 3.05) is 13.1 Å². The first-order valence-electron chi connectivity index (χ1n) is 6.11. The molecule has 1 saturated carbocycles. The van der Waals surface area contributed by atoms with Crippen LogP contribution in [0.15, 0.2) is 0 Å². The molecule has 0 aromatic carbocycles. The molecule has 1 aliphatic carbocycles. The lowest BCUT2D eigenvalue weighted by atomic mass is 9.67. The highest BCUT2D eigenvalue weighted by Gasteiger charge is 2.34.